The number of carbonyl (C=O) groups is 1. The molecule has 0 bridgehead atoms. The normalized spacial score (nSPS) is 10.7. The number of ketones is 1. The molecule has 20 heavy (non-hydrogen) atoms. The summed E-state index contributed by atoms with van der Waals surface area (Å²) in [5, 5.41) is 2.26. The monoisotopic (exact) mass is 260 g/mol. The van der Waals surface area contributed by atoms with Crippen molar-refractivity contribution in [3.05, 3.63) is 83.4 Å². The molecular weight excluding hydrogens is 244 g/mol. The Labute approximate surface area is 118 Å². The van der Waals surface area contributed by atoms with Gasteiger partial charge in [0.25, 0.3) is 0 Å². The third-order valence-electron chi connectivity index (χ3n) is 3.64. The number of hydrogen-bond donors (Lipinski definition) is 0. The van der Waals surface area contributed by atoms with Crippen LogP contribution < -0.4 is 0 Å². The van der Waals surface area contributed by atoms with Gasteiger partial charge in [-0.25, -0.2) is 0 Å². The Hall–Kier alpha value is -2.41. The zero-order valence-corrected chi connectivity index (χ0v) is 11.5. The molecule has 0 radical (unpaired) electrons. The fourth-order valence-corrected chi connectivity index (χ4v) is 2.39. The first-order chi connectivity index (χ1) is 9.78. The highest BCUT2D eigenvalue weighted by atomic mass is 16.1. The lowest BCUT2D eigenvalue weighted by Gasteiger charge is -2.04. The van der Waals surface area contributed by atoms with Crippen LogP contribution in [0.4, 0.5) is 0 Å². The smallest absolute Gasteiger partial charge is 0.193 e. The summed E-state index contributed by atoms with van der Waals surface area (Å²) in [5.74, 6) is 0.0819. The molecule has 3 aromatic carbocycles. The standard InChI is InChI=1S/C19H16O/c1-2-14-7-9-16(10-8-14)19(20)18-12-11-15-5-3-4-6-17(15)13-18/h3-13H,2H2,1H3. The van der Waals surface area contributed by atoms with Gasteiger partial charge in [0.2, 0.25) is 0 Å². The predicted octanol–water partition coefficient (Wildman–Crippen LogP) is 4.63. The third-order valence-corrected chi connectivity index (χ3v) is 3.64. The number of rotatable bonds is 3. The molecule has 0 aliphatic heterocycles. The maximum atomic E-state index is 12.5. The van der Waals surface area contributed by atoms with E-state index in [-0.39, 0.29) is 5.78 Å². The Balaban J connectivity index is 1.98. The van der Waals surface area contributed by atoms with Crippen molar-refractivity contribution < 1.29 is 4.79 Å². The largest absolute Gasteiger partial charge is 0.289 e. The van der Waals surface area contributed by atoms with Gasteiger partial charge in [-0.1, -0.05) is 67.6 Å². The van der Waals surface area contributed by atoms with Crippen molar-refractivity contribution >= 4 is 16.6 Å². The van der Waals surface area contributed by atoms with Gasteiger partial charge in [-0.05, 0) is 28.8 Å². The SMILES string of the molecule is CCc1ccc(C(=O)c2ccc3ccccc3c2)cc1. The van der Waals surface area contributed by atoms with Crippen LogP contribution in [-0.4, -0.2) is 5.78 Å². The van der Waals surface area contributed by atoms with E-state index in [2.05, 4.69) is 13.0 Å². The molecule has 98 valence electrons. The second-order valence-corrected chi connectivity index (χ2v) is 4.94. The Bertz CT molecular complexity index is 754. The highest BCUT2D eigenvalue weighted by Gasteiger charge is 2.09. The molecule has 1 heteroatoms. The molecule has 0 aliphatic carbocycles. The highest BCUT2D eigenvalue weighted by Crippen LogP contribution is 2.18. The van der Waals surface area contributed by atoms with E-state index in [1.807, 2.05) is 60.7 Å². The Morgan fingerprint density at radius 2 is 1.45 bits per heavy atom. The van der Waals surface area contributed by atoms with E-state index in [0.29, 0.717) is 0 Å². The van der Waals surface area contributed by atoms with E-state index < -0.39 is 0 Å². The van der Waals surface area contributed by atoms with Crippen LogP contribution >= 0.6 is 0 Å². The molecule has 0 amide bonds. The fraction of sp³-hybridized carbons (Fsp3) is 0.105. The average molecular weight is 260 g/mol. The molecule has 1 nitrogen and oxygen atoms in total. The molecule has 0 fully saturated rings. The van der Waals surface area contributed by atoms with E-state index in [9.17, 15) is 4.79 Å². The highest BCUT2D eigenvalue weighted by molar-refractivity contribution is 6.10. The summed E-state index contributed by atoms with van der Waals surface area (Å²) >= 11 is 0. The topological polar surface area (TPSA) is 17.1 Å². The molecule has 0 aliphatic rings. The number of hydrogen-bond acceptors (Lipinski definition) is 1. The van der Waals surface area contributed by atoms with Gasteiger partial charge in [0, 0.05) is 11.1 Å². The quantitative estimate of drug-likeness (QED) is 0.627. The summed E-state index contributed by atoms with van der Waals surface area (Å²) in [6, 6.07) is 21.8. The van der Waals surface area contributed by atoms with E-state index in [0.717, 1.165) is 28.3 Å². The number of aryl methyl sites for hydroxylation is 1. The van der Waals surface area contributed by atoms with Gasteiger partial charge in [0.1, 0.15) is 0 Å². The Kier molecular flexibility index (Phi) is 3.34. The minimum Gasteiger partial charge on any atom is -0.289 e. The minimum absolute atomic E-state index is 0.0819. The summed E-state index contributed by atoms with van der Waals surface area (Å²) in [7, 11) is 0. The number of fused-ring (bicyclic) bond motifs is 1. The fourth-order valence-electron chi connectivity index (χ4n) is 2.39. The van der Waals surface area contributed by atoms with Crippen molar-refractivity contribution in [2.45, 2.75) is 13.3 Å². The number of carbonyl (C=O) groups excluding carboxylic acids is 1. The molecule has 0 heterocycles. The maximum absolute atomic E-state index is 12.5. The summed E-state index contributed by atoms with van der Waals surface area (Å²) in [6.07, 6.45) is 0.991. The van der Waals surface area contributed by atoms with Crippen LogP contribution in [0.5, 0.6) is 0 Å². The van der Waals surface area contributed by atoms with Crippen LogP contribution in [0.25, 0.3) is 10.8 Å². The van der Waals surface area contributed by atoms with Gasteiger partial charge in [0.05, 0.1) is 0 Å². The van der Waals surface area contributed by atoms with Crippen LogP contribution in [0, 0.1) is 0 Å². The molecule has 0 saturated carbocycles. The van der Waals surface area contributed by atoms with Crippen molar-refractivity contribution in [3.8, 4) is 0 Å². The molecule has 3 aromatic rings. The van der Waals surface area contributed by atoms with Crippen LogP contribution in [-0.2, 0) is 6.42 Å². The van der Waals surface area contributed by atoms with E-state index in [1.165, 1.54) is 5.56 Å². The lowest BCUT2D eigenvalue weighted by atomic mass is 9.99. The minimum atomic E-state index is 0.0819. The molecule has 3 rings (SSSR count). The number of benzene rings is 3. The van der Waals surface area contributed by atoms with Gasteiger partial charge in [-0.2, -0.15) is 0 Å². The van der Waals surface area contributed by atoms with Crippen LogP contribution in [0.1, 0.15) is 28.4 Å². The third kappa shape index (κ3) is 2.35. The van der Waals surface area contributed by atoms with Gasteiger partial charge in [-0.3, -0.25) is 4.79 Å². The van der Waals surface area contributed by atoms with Gasteiger partial charge in [-0.15, -0.1) is 0 Å². The van der Waals surface area contributed by atoms with Crippen LogP contribution in [0.15, 0.2) is 66.7 Å². The molecule has 0 saturated heterocycles. The lowest BCUT2D eigenvalue weighted by Crippen LogP contribution is -2.01. The summed E-state index contributed by atoms with van der Waals surface area (Å²) in [6.45, 7) is 2.11. The Morgan fingerprint density at radius 1 is 0.800 bits per heavy atom. The Morgan fingerprint density at radius 3 is 2.15 bits per heavy atom. The lowest BCUT2D eigenvalue weighted by molar-refractivity contribution is 0.103. The zero-order chi connectivity index (χ0) is 13.9. The molecule has 0 spiro atoms. The first-order valence-electron chi connectivity index (χ1n) is 6.90. The van der Waals surface area contributed by atoms with Crippen LogP contribution in [0.2, 0.25) is 0 Å². The van der Waals surface area contributed by atoms with Crippen molar-refractivity contribution in [1.82, 2.24) is 0 Å². The van der Waals surface area contributed by atoms with Crippen molar-refractivity contribution in [1.29, 1.82) is 0 Å². The van der Waals surface area contributed by atoms with Crippen LogP contribution in [0.3, 0.4) is 0 Å². The zero-order valence-electron chi connectivity index (χ0n) is 11.5. The maximum Gasteiger partial charge on any atom is 0.193 e. The second-order valence-electron chi connectivity index (χ2n) is 4.94. The van der Waals surface area contributed by atoms with E-state index >= 15 is 0 Å². The molecule has 0 aromatic heterocycles. The first kappa shape index (κ1) is 12.6. The van der Waals surface area contributed by atoms with Gasteiger partial charge in [0.15, 0.2) is 5.78 Å². The molecule has 0 N–H and O–H groups in total. The average Bonchev–Trinajstić information content (AvgIpc) is 2.54. The van der Waals surface area contributed by atoms with E-state index in [4.69, 9.17) is 0 Å². The van der Waals surface area contributed by atoms with Gasteiger partial charge >= 0.3 is 0 Å². The van der Waals surface area contributed by atoms with Crippen molar-refractivity contribution in [2.75, 3.05) is 0 Å². The summed E-state index contributed by atoms with van der Waals surface area (Å²) in [4.78, 5) is 12.5. The molecule has 0 atom stereocenters. The van der Waals surface area contributed by atoms with E-state index in [1.54, 1.807) is 0 Å². The second kappa shape index (κ2) is 5.30. The predicted molar refractivity (Wildman–Crippen MR) is 83.2 cm³/mol. The molecule has 0 unspecified atom stereocenters. The van der Waals surface area contributed by atoms with Crippen molar-refractivity contribution in [2.24, 2.45) is 0 Å². The van der Waals surface area contributed by atoms with Gasteiger partial charge < -0.3 is 0 Å². The van der Waals surface area contributed by atoms with Crippen molar-refractivity contribution in [3.63, 3.8) is 0 Å². The molecular formula is C19H16O. The summed E-state index contributed by atoms with van der Waals surface area (Å²) < 4.78 is 0. The first-order valence-corrected chi connectivity index (χ1v) is 6.90. The summed E-state index contributed by atoms with van der Waals surface area (Å²) in [5.41, 5.74) is 2.74.